The Kier molecular flexibility index (Phi) is 7.18. The Labute approximate surface area is 129 Å². The van der Waals surface area contributed by atoms with Crippen LogP contribution in [-0.4, -0.2) is 44.8 Å². The molecule has 7 nitrogen and oxygen atoms in total. The van der Waals surface area contributed by atoms with E-state index in [4.69, 9.17) is 19.9 Å². The van der Waals surface area contributed by atoms with Gasteiger partial charge in [-0.2, -0.15) is 0 Å². The molecule has 0 saturated carbocycles. The number of ether oxygens (including phenoxy) is 3. The number of methoxy groups -OCH3 is 1. The lowest BCUT2D eigenvalue weighted by Crippen LogP contribution is -2.31. The lowest BCUT2D eigenvalue weighted by Gasteiger charge is -2.11. The topological polar surface area (TPSA) is 99.9 Å². The van der Waals surface area contributed by atoms with Gasteiger partial charge < -0.3 is 25.3 Å². The summed E-state index contributed by atoms with van der Waals surface area (Å²) in [5.41, 5.74) is 6.42. The fourth-order valence-corrected chi connectivity index (χ4v) is 1.58. The van der Waals surface area contributed by atoms with Gasteiger partial charge in [-0.3, -0.25) is 4.79 Å². The molecule has 122 valence electrons. The molecule has 0 aliphatic heterocycles. The highest BCUT2D eigenvalue weighted by Gasteiger charge is 2.12. The summed E-state index contributed by atoms with van der Waals surface area (Å²) < 4.78 is 15.2. The van der Waals surface area contributed by atoms with E-state index in [9.17, 15) is 9.59 Å². The number of hydrogen-bond acceptors (Lipinski definition) is 6. The van der Waals surface area contributed by atoms with Crippen LogP contribution in [0.25, 0.3) is 0 Å². The third kappa shape index (κ3) is 6.01. The predicted molar refractivity (Wildman–Crippen MR) is 81.8 cm³/mol. The summed E-state index contributed by atoms with van der Waals surface area (Å²) in [7, 11) is 1.55. The summed E-state index contributed by atoms with van der Waals surface area (Å²) in [5.74, 6) is -0.395. The second-order valence-electron chi connectivity index (χ2n) is 4.84. The molecule has 0 aliphatic rings. The molecular weight excluding hydrogens is 288 g/mol. The minimum atomic E-state index is -0.453. The molecule has 0 atom stereocenters. The number of carbonyl (C=O) groups is 2. The van der Waals surface area contributed by atoms with E-state index in [-0.39, 0.29) is 24.3 Å². The Morgan fingerprint density at radius 3 is 2.64 bits per heavy atom. The zero-order valence-electron chi connectivity index (χ0n) is 13.0. The number of nitrogens with one attached hydrogen (secondary N) is 1. The van der Waals surface area contributed by atoms with Crippen molar-refractivity contribution in [2.24, 2.45) is 0 Å². The lowest BCUT2D eigenvalue weighted by molar-refractivity contribution is -0.123. The van der Waals surface area contributed by atoms with Gasteiger partial charge >= 0.3 is 5.97 Å². The Morgan fingerprint density at radius 1 is 1.32 bits per heavy atom. The molecule has 0 fully saturated rings. The molecule has 0 radical (unpaired) electrons. The molecular formula is C15H22N2O5. The highest BCUT2D eigenvalue weighted by Crippen LogP contribution is 2.23. The molecule has 1 amide bonds. The van der Waals surface area contributed by atoms with Crippen LogP contribution >= 0.6 is 0 Å². The molecule has 0 unspecified atom stereocenters. The lowest BCUT2D eigenvalue weighted by atomic mass is 10.2. The van der Waals surface area contributed by atoms with Gasteiger partial charge in [-0.05, 0) is 32.0 Å². The van der Waals surface area contributed by atoms with Gasteiger partial charge in [-0.25, -0.2) is 4.79 Å². The first kappa shape index (κ1) is 17.8. The van der Waals surface area contributed by atoms with Gasteiger partial charge in [0.15, 0.2) is 6.61 Å². The van der Waals surface area contributed by atoms with Crippen molar-refractivity contribution < 1.29 is 23.8 Å². The Balaban J connectivity index is 2.55. The normalized spacial score (nSPS) is 10.4. The van der Waals surface area contributed by atoms with Crippen molar-refractivity contribution in [1.29, 1.82) is 0 Å². The maximum absolute atomic E-state index is 11.7. The van der Waals surface area contributed by atoms with Gasteiger partial charge in [-0.15, -0.1) is 0 Å². The molecule has 0 spiro atoms. The van der Waals surface area contributed by atoms with Crippen LogP contribution in [0.4, 0.5) is 5.69 Å². The van der Waals surface area contributed by atoms with Gasteiger partial charge in [0.2, 0.25) is 0 Å². The van der Waals surface area contributed by atoms with Crippen molar-refractivity contribution >= 4 is 17.6 Å². The quantitative estimate of drug-likeness (QED) is 0.422. The highest BCUT2D eigenvalue weighted by molar-refractivity contribution is 5.91. The number of esters is 1. The summed E-state index contributed by atoms with van der Waals surface area (Å²) in [5, 5.41) is 2.62. The Morgan fingerprint density at radius 2 is 2.05 bits per heavy atom. The number of nitrogens with two attached hydrogens (primary N) is 1. The Hall–Kier alpha value is -2.28. The SMILES string of the molecule is COCCNC(=O)COc1ccc(C(=O)OC(C)C)cc1N. The average Bonchev–Trinajstić information content (AvgIpc) is 2.45. The number of hydrogen-bond donors (Lipinski definition) is 2. The van der Waals surface area contributed by atoms with Crippen molar-refractivity contribution in [3.63, 3.8) is 0 Å². The second-order valence-corrected chi connectivity index (χ2v) is 4.84. The molecule has 0 aromatic heterocycles. The smallest absolute Gasteiger partial charge is 0.338 e. The van der Waals surface area contributed by atoms with Crippen LogP contribution in [0, 0.1) is 0 Å². The van der Waals surface area contributed by atoms with Crippen LogP contribution in [0.1, 0.15) is 24.2 Å². The van der Waals surface area contributed by atoms with Crippen molar-refractivity contribution in [1.82, 2.24) is 5.32 Å². The summed E-state index contributed by atoms with van der Waals surface area (Å²) >= 11 is 0. The molecule has 0 heterocycles. The molecule has 0 aliphatic carbocycles. The zero-order chi connectivity index (χ0) is 16.5. The van der Waals surface area contributed by atoms with E-state index in [1.807, 2.05) is 0 Å². The summed E-state index contributed by atoms with van der Waals surface area (Å²) in [6.07, 6.45) is -0.208. The van der Waals surface area contributed by atoms with E-state index < -0.39 is 5.97 Å². The molecule has 1 aromatic carbocycles. The van der Waals surface area contributed by atoms with Crippen LogP contribution in [0.2, 0.25) is 0 Å². The fourth-order valence-electron chi connectivity index (χ4n) is 1.58. The fraction of sp³-hybridized carbons (Fsp3) is 0.467. The number of rotatable bonds is 8. The average molecular weight is 310 g/mol. The van der Waals surface area contributed by atoms with E-state index >= 15 is 0 Å². The van der Waals surface area contributed by atoms with E-state index in [0.717, 1.165) is 0 Å². The summed E-state index contributed by atoms with van der Waals surface area (Å²) in [4.78, 5) is 23.2. The maximum Gasteiger partial charge on any atom is 0.338 e. The Bertz CT molecular complexity index is 517. The largest absolute Gasteiger partial charge is 0.482 e. The monoisotopic (exact) mass is 310 g/mol. The van der Waals surface area contributed by atoms with Gasteiger partial charge in [0.1, 0.15) is 5.75 Å². The molecule has 0 bridgehead atoms. The third-order valence-corrected chi connectivity index (χ3v) is 2.58. The number of nitrogen functional groups attached to an aromatic ring is 1. The van der Waals surface area contributed by atoms with Crippen molar-refractivity contribution in [2.75, 3.05) is 32.6 Å². The molecule has 1 aromatic rings. The van der Waals surface area contributed by atoms with E-state index in [0.29, 0.717) is 24.5 Å². The molecule has 3 N–H and O–H groups in total. The summed E-state index contributed by atoms with van der Waals surface area (Å²) in [6.45, 7) is 4.21. The van der Waals surface area contributed by atoms with Gasteiger partial charge in [0.25, 0.3) is 5.91 Å². The predicted octanol–water partition coefficient (Wildman–Crippen LogP) is 0.975. The first-order chi connectivity index (χ1) is 10.4. The highest BCUT2D eigenvalue weighted by atomic mass is 16.5. The first-order valence-electron chi connectivity index (χ1n) is 6.93. The number of anilines is 1. The molecule has 0 saturated heterocycles. The van der Waals surface area contributed by atoms with Crippen molar-refractivity contribution in [3.8, 4) is 5.75 Å². The zero-order valence-corrected chi connectivity index (χ0v) is 13.0. The number of carbonyl (C=O) groups excluding carboxylic acids is 2. The number of amides is 1. The third-order valence-electron chi connectivity index (χ3n) is 2.58. The van der Waals surface area contributed by atoms with Gasteiger partial charge in [0.05, 0.1) is 24.0 Å². The van der Waals surface area contributed by atoms with Gasteiger partial charge in [-0.1, -0.05) is 0 Å². The van der Waals surface area contributed by atoms with Crippen LogP contribution in [0.5, 0.6) is 5.75 Å². The van der Waals surface area contributed by atoms with Crippen molar-refractivity contribution in [2.45, 2.75) is 20.0 Å². The van der Waals surface area contributed by atoms with Crippen molar-refractivity contribution in [3.05, 3.63) is 23.8 Å². The minimum Gasteiger partial charge on any atom is -0.482 e. The number of benzene rings is 1. The first-order valence-corrected chi connectivity index (χ1v) is 6.93. The van der Waals surface area contributed by atoms with Gasteiger partial charge in [0, 0.05) is 13.7 Å². The van der Waals surface area contributed by atoms with Crippen LogP contribution in [-0.2, 0) is 14.3 Å². The van der Waals surface area contributed by atoms with Crippen LogP contribution in [0.15, 0.2) is 18.2 Å². The maximum atomic E-state index is 11.7. The van der Waals surface area contributed by atoms with E-state index in [2.05, 4.69) is 5.32 Å². The molecule has 22 heavy (non-hydrogen) atoms. The summed E-state index contributed by atoms with van der Waals surface area (Å²) in [6, 6.07) is 4.54. The van der Waals surface area contributed by atoms with E-state index in [1.54, 1.807) is 27.0 Å². The van der Waals surface area contributed by atoms with E-state index in [1.165, 1.54) is 12.1 Å². The molecule has 1 rings (SSSR count). The second kappa shape index (κ2) is 8.89. The van der Waals surface area contributed by atoms with Crippen LogP contribution < -0.4 is 15.8 Å². The standard InChI is InChI=1S/C15H22N2O5/c1-10(2)22-15(19)11-4-5-13(12(16)8-11)21-9-14(18)17-6-7-20-3/h4-5,8,10H,6-7,9,16H2,1-3H3,(H,17,18). The minimum absolute atomic E-state index is 0.163. The molecule has 7 heteroatoms. The van der Waals surface area contributed by atoms with Crippen LogP contribution in [0.3, 0.4) is 0 Å².